The highest BCUT2D eigenvalue weighted by Gasteiger charge is 2.27. The first-order valence-corrected chi connectivity index (χ1v) is 9.73. The van der Waals surface area contributed by atoms with Crippen molar-refractivity contribution in [2.75, 3.05) is 0 Å². The summed E-state index contributed by atoms with van der Waals surface area (Å²) in [6.45, 7) is 0.556. The number of nitrogens with zero attached hydrogens (tertiary/aromatic N) is 3. The molecule has 6 nitrogen and oxygen atoms in total. The molecule has 5 rings (SSSR count). The number of carbonyl (C=O) groups is 1. The fourth-order valence-electron chi connectivity index (χ4n) is 3.98. The van der Waals surface area contributed by atoms with Gasteiger partial charge in [0.1, 0.15) is 6.10 Å². The van der Waals surface area contributed by atoms with E-state index in [2.05, 4.69) is 34.4 Å². The molecule has 29 heavy (non-hydrogen) atoms. The Morgan fingerprint density at radius 1 is 1.17 bits per heavy atom. The van der Waals surface area contributed by atoms with Crippen LogP contribution in [0.3, 0.4) is 0 Å². The van der Waals surface area contributed by atoms with Crippen molar-refractivity contribution in [3.63, 3.8) is 0 Å². The minimum Gasteiger partial charge on any atom is -0.461 e. The molecule has 1 unspecified atom stereocenters. The molecule has 0 fully saturated rings. The zero-order chi connectivity index (χ0) is 19.8. The van der Waals surface area contributed by atoms with Crippen LogP contribution in [-0.2, 0) is 42.4 Å². The van der Waals surface area contributed by atoms with Crippen molar-refractivity contribution in [1.29, 1.82) is 0 Å². The molecule has 0 saturated heterocycles. The van der Waals surface area contributed by atoms with Gasteiger partial charge in [0.2, 0.25) is 5.90 Å². The minimum absolute atomic E-state index is 0.171. The molecule has 1 aromatic heterocycles. The van der Waals surface area contributed by atoms with Gasteiger partial charge in [0.05, 0.1) is 25.4 Å². The van der Waals surface area contributed by atoms with Crippen LogP contribution < -0.4 is 4.74 Å². The summed E-state index contributed by atoms with van der Waals surface area (Å²) in [5, 5.41) is 4.14. The van der Waals surface area contributed by atoms with E-state index in [0.29, 0.717) is 37.5 Å². The molecular formula is C23H21N3O3. The third-order valence-electron chi connectivity index (χ3n) is 5.33. The van der Waals surface area contributed by atoms with Crippen LogP contribution in [0.1, 0.15) is 27.8 Å². The third kappa shape index (κ3) is 3.66. The maximum Gasteiger partial charge on any atom is 0.310 e. The van der Waals surface area contributed by atoms with E-state index < -0.39 is 0 Å². The van der Waals surface area contributed by atoms with E-state index in [1.165, 1.54) is 0 Å². The smallest absolute Gasteiger partial charge is 0.310 e. The zero-order valence-corrected chi connectivity index (χ0v) is 16.2. The second-order valence-electron chi connectivity index (χ2n) is 7.53. The second-order valence-corrected chi connectivity index (χ2v) is 7.53. The largest absolute Gasteiger partial charge is 0.461 e. The number of ether oxygens (including phenoxy) is 2. The summed E-state index contributed by atoms with van der Waals surface area (Å²) in [4.78, 5) is 16.9. The van der Waals surface area contributed by atoms with E-state index in [-0.39, 0.29) is 12.1 Å². The predicted octanol–water partition coefficient (Wildman–Crippen LogP) is 3.01. The van der Waals surface area contributed by atoms with Gasteiger partial charge in [-0.3, -0.25) is 9.48 Å². The fraction of sp³-hybridized carbons (Fsp3) is 0.261. The molecule has 0 bridgehead atoms. The lowest BCUT2D eigenvalue weighted by atomic mass is 9.93. The summed E-state index contributed by atoms with van der Waals surface area (Å²) < 4.78 is 13.4. The Morgan fingerprint density at radius 3 is 2.83 bits per heavy atom. The first-order chi connectivity index (χ1) is 14.1. The van der Waals surface area contributed by atoms with Crippen molar-refractivity contribution in [1.82, 2.24) is 9.78 Å². The van der Waals surface area contributed by atoms with Crippen LogP contribution in [0.4, 0.5) is 0 Å². The highest BCUT2D eigenvalue weighted by molar-refractivity contribution is 5.99. The highest BCUT2D eigenvalue weighted by Crippen LogP contribution is 2.29. The molecule has 0 saturated carbocycles. The fourth-order valence-corrected chi connectivity index (χ4v) is 3.98. The van der Waals surface area contributed by atoms with Gasteiger partial charge in [-0.05, 0) is 28.3 Å². The van der Waals surface area contributed by atoms with Crippen LogP contribution in [0.15, 0.2) is 59.9 Å². The van der Waals surface area contributed by atoms with Gasteiger partial charge in [0.15, 0.2) is 5.75 Å². The van der Waals surface area contributed by atoms with Crippen LogP contribution >= 0.6 is 0 Å². The maximum absolute atomic E-state index is 12.4. The molecule has 0 spiro atoms. The topological polar surface area (TPSA) is 65.7 Å². The number of hydrogen-bond donors (Lipinski definition) is 0. The quantitative estimate of drug-likeness (QED) is 0.648. The maximum atomic E-state index is 12.4. The Labute approximate surface area is 168 Å². The van der Waals surface area contributed by atoms with E-state index in [4.69, 9.17) is 9.47 Å². The SMILES string of the molecule is Cn1cc(OC2=NCc3cc4c(cc32)CC(Cc2ccccc2)OC(=O)C4)cn1. The lowest BCUT2D eigenvalue weighted by molar-refractivity contribution is -0.147. The molecule has 2 aliphatic rings. The van der Waals surface area contributed by atoms with Gasteiger partial charge in [-0.1, -0.05) is 36.4 Å². The van der Waals surface area contributed by atoms with Crippen molar-refractivity contribution < 1.29 is 14.3 Å². The van der Waals surface area contributed by atoms with Crippen LogP contribution in [0.25, 0.3) is 0 Å². The third-order valence-corrected chi connectivity index (χ3v) is 5.33. The molecule has 1 atom stereocenters. The van der Waals surface area contributed by atoms with E-state index in [0.717, 1.165) is 27.8 Å². The number of hydrogen-bond acceptors (Lipinski definition) is 5. The lowest BCUT2D eigenvalue weighted by Gasteiger charge is -2.16. The van der Waals surface area contributed by atoms with Gasteiger partial charge >= 0.3 is 5.97 Å². The Kier molecular flexibility index (Phi) is 4.39. The predicted molar refractivity (Wildman–Crippen MR) is 108 cm³/mol. The number of aliphatic imine (C=N–C) groups is 1. The number of aromatic nitrogens is 2. The van der Waals surface area contributed by atoms with Gasteiger partial charge in [-0.25, -0.2) is 4.99 Å². The molecule has 146 valence electrons. The molecule has 0 radical (unpaired) electrons. The van der Waals surface area contributed by atoms with Gasteiger partial charge in [-0.2, -0.15) is 5.10 Å². The second kappa shape index (κ2) is 7.20. The number of carbonyl (C=O) groups excluding carboxylic acids is 1. The average molecular weight is 387 g/mol. The normalized spacial score (nSPS) is 17.8. The summed E-state index contributed by atoms with van der Waals surface area (Å²) in [5.41, 5.74) is 5.39. The zero-order valence-electron chi connectivity index (χ0n) is 16.2. The van der Waals surface area contributed by atoms with E-state index in [1.807, 2.05) is 31.4 Å². The molecule has 2 aliphatic heterocycles. The van der Waals surface area contributed by atoms with Crippen molar-refractivity contribution in [3.05, 3.63) is 82.7 Å². The van der Waals surface area contributed by atoms with Crippen LogP contribution in [-0.4, -0.2) is 27.8 Å². The highest BCUT2D eigenvalue weighted by atomic mass is 16.5. The summed E-state index contributed by atoms with van der Waals surface area (Å²) in [6, 6.07) is 14.3. The Morgan fingerprint density at radius 2 is 2.03 bits per heavy atom. The minimum atomic E-state index is -0.176. The number of cyclic esters (lactones) is 1. The van der Waals surface area contributed by atoms with Crippen molar-refractivity contribution >= 4 is 11.9 Å². The number of rotatable bonds is 3. The van der Waals surface area contributed by atoms with Crippen LogP contribution in [0.5, 0.6) is 5.75 Å². The average Bonchev–Trinajstić information content (AvgIpc) is 3.24. The van der Waals surface area contributed by atoms with Crippen molar-refractivity contribution in [3.8, 4) is 5.75 Å². The monoisotopic (exact) mass is 387 g/mol. The Hall–Kier alpha value is -3.41. The molecule has 0 aliphatic carbocycles. The van der Waals surface area contributed by atoms with Gasteiger partial charge in [0.25, 0.3) is 0 Å². The molecule has 3 aromatic rings. The molecule has 3 heterocycles. The van der Waals surface area contributed by atoms with Gasteiger partial charge < -0.3 is 9.47 Å². The molecular weight excluding hydrogens is 366 g/mol. The number of fused-ring (bicyclic) bond motifs is 2. The summed E-state index contributed by atoms with van der Waals surface area (Å²) in [6.07, 6.45) is 5.00. The van der Waals surface area contributed by atoms with Crippen LogP contribution in [0, 0.1) is 0 Å². The van der Waals surface area contributed by atoms with Crippen molar-refractivity contribution in [2.45, 2.75) is 31.9 Å². The standard InChI is InChI=1S/C23H21N3O3/c1-26-14-20(13-25-26)29-23-21-10-17-9-19(7-15-5-3-2-4-6-15)28-22(27)11-16(17)8-18(21)12-24-23/h2-6,8,10,13-14,19H,7,9,11-12H2,1H3. The van der Waals surface area contributed by atoms with E-state index >= 15 is 0 Å². The summed E-state index contributed by atoms with van der Waals surface area (Å²) in [7, 11) is 1.85. The molecule has 2 aromatic carbocycles. The first kappa shape index (κ1) is 17.7. The van der Waals surface area contributed by atoms with E-state index in [1.54, 1.807) is 10.9 Å². The number of aryl methyl sites for hydroxylation is 1. The molecule has 0 N–H and O–H groups in total. The Bertz CT molecular complexity index is 1100. The Balaban J connectivity index is 1.42. The first-order valence-electron chi connectivity index (χ1n) is 9.73. The molecule has 0 amide bonds. The van der Waals surface area contributed by atoms with E-state index in [9.17, 15) is 4.79 Å². The number of esters is 1. The summed E-state index contributed by atoms with van der Waals surface area (Å²) in [5.74, 6) is 1.09. The van der Waals surface area contributed by atoms with Crippen LogP contribution in [0.2, 0.25) is 0 Å². The molecule has 6 heteroatoms. The summed E-state index contributed by atoms with van der Waals surface area (Å²) >= 11 is 0. The van der Waals surface area contributed by atoms with Crippen molar-refractivity contribution in [2.24, 2.45) is 12.0 Å². The van der Waals surface area contributed by atoms with Gasteiger partial charge in [0, 0.05) is 25.5 Å². The number of benzene rings is 2. The van der Waals surface area contributed by atoms with Gasteiger partial charge in [-0.15, -0.1) is 0 Å². The lowest BCUT2D eigenvalue weighted by Crippen LogP contribution is -2.21.